The molecule has 3 aromatic carbocycles. The van der Waals surface area contributed by atoms with Gasteiger partial charge in [-0.15, -0.1) is 0 Å². The lowest BCUT2D eigenvalue weighted by Gasteiger charge is -2.28. The predicted octanol–water partition coefficient (Wildman–Crippen LogP) is 15.3. The van der Waals surface area contributed by atoms with Crippen LogP contribution in [-0.2, 0) is 0 Å². The number of benzene rings is 3. The third-order valence-corrected chi connectivity index (χ3v) is 10.3. The van der Waals surface area contributed by atoms with Crippen LogP contribution in [0.15, 0.2) is 30.3 Å². The summed E-state index contributed by atoms with van der Waals surface area (Å²) in [6.45, 7) is 4.82. The third-order valence-electron chi connectivity index (χ3n) is 10.3. The number of rotatable bonds is 32. The normalized spacial score (nSPS) is 11.3. The smallest absolute Gasteiger partial charge is 0.489 e. The molecule has 0 aliphatic rings. The van der Waals surface area contributed by atoms with Crippen molar-refractivity contribution in [2.24, 2.45) is 0 Å². The Morgan fingerprint density at radius 1 is 0.373 bits per heavy atom. The van der Waals surface area contributed by atoms with Gasteiger partial charge in [-0.1, -0.05) is 149 Å². The fourth-order valence-electron chi connectivity index (χ4n) is 6.99. The number of anilines is 1. The second kappa shape index (κ2) is 27.9. The van der Waals surface area contributed by atoms with Gasteiger partial charge in [-0.05, 0) is 12.8 Å². The average Bonchev–Trinajstić information content (AvgIpc) is 3.20. The molecule has 0 aliphatic carbocycles. The molecule has 0 aliphatic heterocycles. The molecule has 3 aromatic rings. The van der Waals surface area contributed by atoms with E-state index in [2.05, 4.69) is 13.8 Å². The van der Waals surface area contributed by atoms with E-state index < -0.39 is 82.6 Å². The van der Waals surface area contributed by atoms with Crippen molar-refractivity contribution >= 4 is 13.0 Å². The van der Waals surface area contributed by atoms with Gasteiger partial charge in [0.25, 0.3) is 0 Å². The monoisotopic (exact) mass is 845 g/mol. The molecule has 0 saturated heterocycles. The zero-order valence-electron chi connectivity index (χ0n) is 34.7. The Morgan fingerprint density at radius 2 is 0.678 bits per heavy atom. The lowest BCUT2D eigenvalue weighted by Crippen LogP contribution is -2.38. The summed E-state index contributed by atoms with van der Waals surface area (Å²) in [6, 6.07) is 2.15. The Bertz CT molecular complexity index is 1560. The van der Waals surface area contributed by atoms with Crippen LogP contribution in [0.4, 0.5) is 45.2 Å². The molecule has 0 atom stereocenters. The maximum absolute atomic E-state index is 15.9. The fraction of sp³-hybridized carbons (Fsp3) is 0.600. The van der Waals surface area contributed by atoms with Gasteiger partial charge in [0.05, 0.1) is 0 Å². The summed E-state index contributed by atoms with van der Waals surface area (Å²) >= 11 is 0. The molecule has 0 aromatic heterocycles. The minimum atomic E-state index is -2.33. The molecule has 0 radical (unpaired) electrons. The Balaban J connectivity index is 1.81. The van der Waals surface area contributed by atoms with Crippen LogP contribution in [0, 0.1) is 52.4 Å². The van der Waals surface area contributed by atoms with Crippen LogP contribution in [0.5, 0.6) is 17.2 Å². The SMILES string of the molecule is CCCCCCCCCCCCCCN(CCCCCCCCCCCCC)c1c(OB(Oc2cc(F)c(F)c(F)c2)Oc2cc(F)c(F)c(F)c2)cc(F)c(F)c1F. The molecular weight excluding hydrogens is 784 g/mol. The highest BCUT2D eigenvalue weighted by Crippen LogP contribution is 2.37. The molecule has 0 saturated carbocycles. The van der Waals surface area contributed by atoms with Crippen LogP contribution in [0.1, 0.15) is 162 Å². The topological polar surface area (TPSA) is 30.9 Å². The van der Waals surface area contributed by atoms with Gasteiger partial charge in [0, 0.05) is 43.4 Å². The van der Waals surface area contributed by atoms with E-state index in [0.29, 0.717) is 43.2 Å². The van der Waals surface area contributed by atoms with E-state index >= 15 is 8.78 Å². The van der Waals surface area contributed by atoms with Gasteiger partial charge >= 0.3 is 7.32 Å². The molecule has 3 rings (SSSR count). The molecule has 4 nitrogen and oxygen atoms in total. The van der Waals surface area contributed by atoms with Gasteiger partial charge in [-0.3, -0.25) is 0 Å². The molecule has 0 N–H and O–H groups in total. The highest BCUT2D eigenvalue weighted by atomic mass is 19.2. The third kappa shape index (κ3) is 17.8. The summed E-state index contributed by atoms with van der Waals surface area (Å²) in [5.74, 6) is -17.6. The van der Waals surface area contributed by atoms with Gasteiger partial charge < -0.3 is 18.9 Å². The Hall–Kier alpha value is -3.71. The minimum Gasteiger partial charge on any atom is -0.489 e. The first-order valence-corrected chi connectivity index (χ1v) is 21.7. The van der Waals surface area contributed by atoms with E-state index in [1.54, 1.807) is 0 Å². The maximum Gasteiger partial charge on any atom is 0.864 e. The maximum atomic E-state index is 15.9. The number of halogens is 9. The standard InChI is InChI=1S/C45H61BF9NO3/c1-3-5-7-9-11-13-15-17-19-21-23-25-27-56(26-24-22-20-18-16-14-12-10-8-6-4-2)45-40(32-39(51)43(54)44(45)55)59-46(57-33-28-35(47)41(52)36(48)29-33)58-34-30-37(49)42(53)38(50)31-34/h28-32H,3-27H2,1-2H3. The Labute approximate surface area is 345 Å². The summed E-state index contributed by atoms with van der Waals surface area (Å²) < 4.78 is 146. The Kier molecular flexibility index (Phi) is 23.5. The van der Waals surface area contributed by atoms with Crippen molar-refractivity contribution in [2.45, 2.75) is 162 Å². The van der Waals surface area contributed by atoms with Gasteiger partial charge in [-0.2, -0.15) is 0 Å². The molecule has 59 heavy (non-hydrogen) atoms. The van der Waals surface area contributed by atoms with Crippen molar-refractivity contribution in [1.29, 1.82) is 0 Å². The molecular formula is C45H61BF9NO3. The molecule has 330 valence electrons. The van der Waals surface area contributed by atoms with E-state index in [-0.39, 0.29) is 13.1 Å². The largest absolute Gasteiger partial charge is 0.864 e. The summed E-state index contributed by atoms with van der Waals surface area (Å²) in [4.78, 5) is 1.53. The van der Waals surface area contributed by atoms with Crippen LogP contribution < -0.4 is 18.9 Å². The Morgan fingerprint density at radius 3 is 1.02 bits per heavy atom. The molecule has 0 spiro atoms. The van der Waals surface area contributed by atoms with E-state index in [0.717, 1.165) is 64.2 Å². The highest BCUT2D eigenvalue weighted by Gasteiger charge is 2.35. The number of hydrogen-bond donors (Lipinski definition) is 0. The average molecular weight is 846 g/mol. The number of hydrogen-bond acceptors (Lipinski definition) is 4. The summed E-state index contributed by atoms with van der Waals surface area (Å²) in [6.07, 6.45) is 24.6. The predicted molar refractivity (Wildman–Crippen MR) is 216 cm³/mol. The molecule has 0 amide bonds. The summed E-state index contributed by atoms with van der Waals surface area (Å²) in [7, 11) is -2.33. The zero-order valence-corrected chi connectivity index (χ0v) is 34.7. The zero-order chi connectivity index (χ0) is 43.0. The van der Waals surface area contributed by atoms with Gasteiger partial charge in [0.2, 0.25) is 0 Å². The van der Waals surface area contributed by atoms with Crippen LogP contribution in [0.2, 0.25) is 0 Å². The fourth-order valence-corrected chi connectivity index (χ4v) is 6.99. The van der Waals surface area contributed by atoms with Gasteiger partial charge in [0.15, 0.2) is 52.4 Å². The first-order chi connectivity index (χ1) is 28.5. The first kappa shape index (κ1) is 49.7. The molecule has 0 unspecified atom stereocenters. The van der Waals surface area contributed by atoms with E-state index in [1.807, 2.05) is 0 Å². The first-order valence-electron chi connectivity index (χ1n) is 21.7. The van der Waals surface area contributed by atoms with Crippen LogP contribution in [0.25, 0.3) is 0 Å². The second-order valence-electron chi connectivity index (χ2n) is 15.3. The summed E-state index contributed by atoms with van der Waals surface area (Å²) in [5.41, 5.74) is -0.496. The van der Waals surface area contributed by atoms with Crippen LogP contribution in [-0.4, -0.2) is 20.4 Å². The van der Waals surface area contributed by atoms with Gasteiger partial charge in [0.1, 0.15) is 22.9 Å². The van der Waals surface area contributed by atoms with Crippen molar-refractivity contribution in [2.75, 3.05) is 18.0 Å². The molecule has 14 heteroatoms. The summed E-state index contributed by atoms with van der Waals surface area (Å²) in [5, 5.41) is 0. The minimum absolute atomic E-state index is 0.225. The van der Waals surface area contributed by atoms with Crippen LogP contribution >= 0.6 is 0 Å². The van der Waals surface area contributed by atoms with E-state index in [1.165, 1.54) is 75.5 Å². The lowest BCUT2D eigenvalue weighted by atomic mass is 10.0. The van der Waals surface area contributed by atoms with Crippen molar-refractivity contribution < 1.29 is 53.5 Å². The van der Waals surface area contributed by atoms with Crippen LogP contribution in [0.3, 0.4) is 0 Å². The van der Waals surface area contributed by atoms with Crippen molar-refractivity contribution in [3.63, 3.8) is 0 Å². The lowest BCUT2D eigenvalue weighted by molar-refractivity contribution is 0.299. The second-order valence-corrected chi connectivity index (χ2v) is 15.3. The quantitative estimate of drug-likeness (QED) is 0.0271. The molecule has 0 heterocycles. The number of nitrogens with zero attached hydrogens (tertiary/aromatic N) is 1. The molecule has 0 fully saturated rings. The van der Waals surface area contributed by atoms with Crippen molar-refractivity contribution in [3.05, 3.63) is 82.7 Å². The van der Waals surface area contributed by atoms with E-state index in [4.69, 9.17) is 14.0 Å². The number of unbranched alkanes of at least 4 members (excludes halogenated alkanes) is 21. The van der Waals surface area contributed by atoms with Crippen molar-refractivity contribution in [1.82, 2.24) is 0 Å². The van der Waals surface area contributed by atoms with Gasteiger partial charge in [-0.25, -0.2) is 39.5 Å². The van der Waals surface area contributed by atoms with Crippen molar-refractivity contribution in [3.8, 4) is 17.2 Å². The van der Waals surface area contributed by atoms with E-state index in [9.17, 15) is 30.7 Å². The highest BCUT2D eigenvalue weighted by molar-refractivity contribution is 6.39. The molecule has 0 bridgehead atoms.